The fraction of sp³-hybridized carbons (Fsp3) is 0.348. The van der Waals surface area contributed by atoms with E-state index in [-0.39, 0.29) is 24.5 Å². The van der Waals surface area contributed by atoms with E-state index in [1.54, 1.807) is 12.1 Å². The number of nitrogens with zero attached hydrogens (tertiary/aromatic N) is 2. The Morgan fingerprint density at radius 2 is 1.93 bits per heavy atom. The van der Waals surface area contributed by atoms with Gasteiger partial charge in [-0.15, -0.1) is 0 Å². The maximum absolute atomic E-state index is 12.9. The van der Waals surface area contributed by atoms with Crippen LogP contribution in [0.15, 0.2) is 54.4 Å². The molecule has 1 saturated heterocycles. The van der Waals surface area contributed by atoms with Crippen LogP contribution in [0.4, 0.5) is 0 Å². The van der Waals surface area contributed by atoms with E-state index in [4.69, 9.17) is 9.47 Å². The molecule has 158 valence electrons. The van der Waals surface area contributed by atoms with E-state index in [0.717, 1.165) is 12.8 Å². The number of carbonyl (C=O) groups excluding carboxylic acids is 2. The number of aliphatic hydroxyl groups excluding tert-OH is 1. The molecular formula is C23H26N2O5. The first-order valence-corrected chi connectivity index (χ1v) is 9.99. The van der Waals surface area contributed by atoms with E-state index < -0.39 is 17.7 Å². The molecule has 30 heavy (non-hydrogen) atoms. The number of amides is 1. The zero-order chi connectivity index (χ0) is 21.5. The lowest BCUT2D eigenvalue weighted by Gasteiger charge is -2.25. The van der Waals surface area contributed by atoms with E-state index in [2.05, 4.69) is 11.9 Å². The first-order valence-electron chi connectivity index (χ1n) is 9.99. The number of aromatic nitrogens is 1. The molecule has 1 atom stereocenters. The summed E-state index contributed by atoms with van der Waals surface area (Å²) < 4.78 is 10.9. The van der Waals surface area contributed by atoms with Gasteiger partial charge in [-0.1, -0.05) is 25.5 Å². The standard InChI is InChI=1S/C23H26N2O5/c1-3-4-13-30-18-7-5-6-17(15-18)20-19(21(26)16-8-10-24-11-9-16)22(27)23(28)25(20)12-14-29-2/h5-11,15,20,26H,3-4,12-14H2,1-2H3. The Labute approximate surface area is 175 Å². The van der Waals surface area contributed by atoms with E-state index in [0.29, 0.717) is 23.5 Å². The molecule has 1 unspecified atom stereocenters. The van der Waals surface area contributed by atoms with Gasteiger partial charge in [0.05, 0.1) is 24.8 Å². The molecule has 0 aliphatic carbocycles. The van der Waals surface area contributed by atoms with Crippen LogP contribution in [-0.2, 0) is 14.3 Å². The minimum atomic E-state index is -0.733. The van der Waals surface area contributed by atoms with Crippen LogP contribution >= 0.6 is 0 Å². The summed E-state index contributed by atoms with van der Waals surface area (Å²) >= 11 is 0. The van der Waals surface area contributed by atoms with Crippen LogP contribution in [0.1, 0.15) is 36.9 Å². The zero-order valence-corrected chi connectivity index (χ0v) is 17.2. The molecular weight excluding hydrogens is 384 g/mol. The largest absolute Gasteiger partial charge is 0.507 e. The van der Waals surface area contributed by atoms with Gasteiger partial charge in [-0.05, 0) is 36.2 Å². The Morgan fingerprint density at radius 1 is 1.17 bits per heavy atom. The van der Waals surface area contributed by atoms with Crippen molar-refractivity contribution in [1.82, 2.24) is 9.88 Å². The summed E-state index contributed by atoms with van der Waals surface area (Å²) in [7, 11) is 1.53. The number of ketones is 1. The molecule has 7 nitrogen and oxygen atoms in total. The van der Waals surface area contributed by atoms with Gasteiger partial charge in [0.25, 0.3) is 11.7 Å². The second-order valence-corrected chi connectivity index (χ2v) is 7.00. The third-order valence-corrected chi connectivity index (χ3v) is 4.97. The van der Waals surface area contributed by atoms with Crippen molar-refractivity contribution in [1.29, 1.82) is 0 Å². The van der Waals surface area contributed by atoms with Gasteiger partial charge in [0, 0.05) is 31.6 Å². The Morgan fingerprint density at radius 3 is 2.63 bits per heavy atom. The maximum atomic E-state index is 12.9. The van der Waals surface area contributed by atoms with Crippen LogP contribution in [-0.4, -0.2) is 53.5 Å². The molecule has 1 aromatic heterocycles. The first-order chi connectivity index (χ1) is 14.6. The van der Waals surface area contributed by atoms with Gasteiger partial charge >= 0.3 is 0 Å². The summed E-state index contributed by atoms with van der Waals surface area (Å²) in [5, 5.41) is 10.9. The molecule has 1 aliphatic heterocycles. The molecule has 1 fully saturated rings. The lowest BCUT2D eigenvalue weighted by atomic mass is 9.95. The Kier molecular flexibility index (Phi) is 7.19. The van der Waals surface area contributed by atoms with E-state index >= 15 is 0 Å². The van der Waals surface area contributed by atoms with Gasteiger partial charge in [-0.25, -0.2) is 0 Å². The van der Waals surface area contributed by atoms with Crippen LogP contribution < -0.4 is 4.74 Å². The summed E-state index contributed by atoms with van der Waals surface area (Å²) in [6, 6.07) is 9.75. The highest BCUT2D eigenvalue weighted by molar-refractivity contribution is 6.46. The highest BCUT2D eigenvalue weighted by Crippen LogP contribution is 2.40. The average molecular weight is 410 g/mol. The first kappa shape index (κ1) is 21.5. The number of ether oxygens (including phenoxy) is 2. The van der Waals surface area contributed by atoms with Crippen LogP contribution in [0.2, 0.25) is 0 Å². The van der Waals surface area contributed by atoms with Gasteiger partial charge in [0.15, 0.2) is 0 Å². The Bertz CT molecular complexity index is 926. The van der Waals surface area contributed by atoms with E-state index in [1.165, 1.54) is 24.4 Å². The van der Waals surface area contributed by atoms with Gasteiger partial charge in [-0.3, -0.25) is 14.6 Å². The molecule has 0 radical (unpaired) electrons. The van der Waals surface area contributed by atoms with E-state index in [1.807, 2.05) is 24.3 Å². The minimum absolute atomic E-state index is 0.0491. The predicted molar refractivity (Wildman–Crippen MR) is 112 cm³/mol. The summed E-state index contributed by atoms with van der Waals surface area (Å²) in [4.78, 5) is 31.0. The number of rotatable bonds is 9. The van der Waals surface area contributed by atoms with Crippen molar-refractivity contribution < 1.29 is 24.2 Å². The van der Waals surface area contributed by atoms with Crippen molar-refractivity contribution in [2.24, 2.45) is 0 Å². The monoisotopic (exact) mass is 410 g/mol. The number of aliphatic hydroxyl groups is 1. The lowest BCUT2D eigenvalue weighted by Crippen LogP contribution is -2.32. The SMILES string of the molecule is CCCCOc1cccc(C2C(=C(O)c3ccncc3)C(=O)C(=O)N2CCOC)c1. The topological polar surface area (TPSA) is 89.0 Å². The Balaban J connectivity index is 2.06. The average Bonchev–Trinajstić information content (AvgIpc) is 3.03. The fourth-order valence-electron chi connectivity index (χ4n) is 3.42. The number of likely N-dealkylation sites (tertiary alicyclic amines) is 1. The number of pyridine rings is 1. The van der Waals surface area contributed by atoms with Crippen LogP contribution in [0, 0.1) is 0 Å². The molecule has 1 N–H and O–H groups in total. The highest BCUT2D eigenvalue weighted by atomic mass is 16.5. The third kappa shape index (κ3) is 4.52. The number of Topliss-reactive ketones (excluding diaryl/α,β-unsaturated/α-hetero) is 1. The molecule has 1 aromatic carbocycles. The van der Waals surface area contributed by atoms with Crippen molar-refractivity contribution in [3.8, 4) is 5.75 Å². The van der Waals surface area contributed by atoms with Crippen LogP contribution in [0.25, 0.3) is 5.76 Å². The van der Waals surface area contributed by atoms with Crippen molar-refractivity contribution in [2.75, 3.05) is 26.9 Å². The zero-order valence-electron chi connectivity index (χ0n) is 17.2. The van der Waals surface area contributed by atoms with Crippen LogP contribution in [0.5, 0.6) is 5.75 Å². The summed E-state index contributed by atoms with van der Waals surface area (Å²) in [6.45, 7) is 3.16. The molecule has 0 spiro atoms. The minimum Gasteiger partial charge on any atom is -0.507 e. The summed E-state index contributed by atoms with van der Waals surface area (Å²) in [6.07, 6.45) is 4.99. The van der Waals surface area contributed by atoms with Crippen molar-refractivity contribution in [3.05, 3.63) is 65.5 Å². The second-order valence-electron chi connectivity index (χ2n) is 7.00. The van der Waals surface area contributed by atoms with Gasteiger partial charge in [0.1, 0.15) is 11.5 Å². The van der Waals surface area contributed by atoms with Gasteiger partial charge < -0.3 is 19.5 Å². The smallest absolute Gasteiger partial charge is 0.295 e. The summed E-state index contributed by atoms with van der Waals surface area (Å²) in [5.41, 5.74) is 1.16. The molecule has 0 bridgehead atoms. The number of hydrogen-bond donors (Lipinski definition) is 1. The summed E-state index contributed by atoms with van der Waals surface area (Å²) in [5.74, 6) is -0.951. The highest BCUT2D eigenvalue weighted by Gasteiger charge is 2.45. The van der Waals surface area contributed by atoms with Crippen molar-refractivity contribution in [3.63, 3.8) is 0 Å². The molecule has 3 rings (SSSR count). The van der Waals surface area contributed by atoms with Crippen molar-refractivity contribution in [2.45, 2.75) is 25.8 Å². The number of methoxy groups -OCH3 is 1. The molecule has 7 heteroatoms. The lowest BCUT2D eigenvalue weighted by molar-refractivity contribution is -0.140. The van der Waals surface area contributed by atoms with Gasteiger partial charge in [0.2, 0.25) is 0 Å². The molecule has 1 aliphatic rings. The number of benzene rings is 1. The van der Waals surface area contributed by atoms with E-state index in [9.17, 15) is 14.7 Å². The quantitative estimate of drug-likeness (QED) is 0.295. The van der Waals surface area contributed by atoms with Crippen LogP contribution in [0.3, 0.4) is 0 Å². The van der Waals surface area contributed by atoms with Crippen molar-refractivity contribution >= 4 is 17.4 Å². The number of unbranched alkanes of at least 4 members (excludes halogenated alkanes) is 1. The Hall–Kier alpha value is -3.19. The number of carbonyl (C=O) groups is 2. The molecule has 2 heterocycles. The fourth-order valence-corrected chi connectivity index (χ4v) is 3.42. The second kappa shape index (κ2) is 10.0. The number of hydrogen-bond acceptors (Lipinski definition) is 6. The predicted octanol–water partition coefficient (Wildman–Crippen LogP) is 3.33. The molecule has 1 amide bonds. The molecule has 2 aromatic rings. The normalized spacial score (nSPS) is 18.1. The third-order valence-electron chi connectivity index (χ3n) is 4.97. The maximum Gasteiger partial charge on any atom is 0.295 e. The molecule has 0 saturated carbocycles. The van der Waals surface area contributed by atoms with Gasteiger partial charge in [-0.2, -0.15) is 0 Å².